The van der Waals surface area contributed by atoms with Crippen LogP contribution in [0.2, 0.25) is 0 Å². The van der Waals surface area contributed by atoms with Crippen molar-refractivity contribution in [3.8, 4) is 0 Å². The number of hydrogen-bond donors (Lipinski definition) is 1. The Labute approximate surface area is 148 Å². The SMILES string of the molecule is Cc1ccc(CN(CC(=O)N2CCC(C(N)=O)CC2)S(C)(=O)=O)cc1. The summed E-state index contributed by atoms with van der Waals surface area (Å²) in [5, 5.41) is 0. The smallest absolute Gasteiger partial charge is 0.237 e. The molecule has 1 saturated heterocycles. The fraction of sp³-hybridized carbons (Fsp3) is 0.529. The number of primary amides is 1. The molecule has 0 atom stereocenters. The Morgan fingerprint density at radius 3 is 2.24 bits per heavy atom. The zero-order chi connectivity index (χ0) is 18.6. The van der Waals surface area contributed by atoms with Gasteiger partial charge < -0.3 is 10.6 Å². The van der Waals surface area contributed by atoms with Crippen LogP contribution in [0.5, 0.6) is 0 Å². The lowest BCUT2D eigenvalue weighted by molar-refractivity contribution is -0.135. The monoisotopic (exact) mass is 367 g/mol. The molecule has 138 valence electrons. The normalized spacial score (nSPS) is 16.2. The number of carbonyl (C=O) groups is 2. The maximum atomic E-state index is 12.5. The fourth-order valence-corrected chi connectivity index (χ4v) is 3.58. The molecule has 1 aliphatic heterocycles. The van der Waals surface area contributed by atoms with E-state index in [9.17, 15) is 18.0 Å². The van der Waals surface area contributed by atoms with Crippen LogP contribution in [0, 0.1) is 12.8 Å². The van der Waals surface area contributed by atoms with E-state index < -0.39 is 10.0 Å². The van der Waals surface area contributed by atoms with E-state index in [-0.39, 0.29) is 30.8 Å². The third kappa shape index (κ3) is 5.54. The predicted octanol–water partition coefficient (Wildman–Crippen LogP) is 0.481. The number of benzene rings is 1. The van der Waals surface area contributed by atoms with Gasteiger partial charge in [0.1, 0.15) is 0 Å². The van der Waals surface area contributed by atoms with Gasteiger partial charge in [-0.2, -0.15) is 4.31 Å². The van der Waals surface area contributed by atoms with Gasteiger partial charge in [0.05, 0.1) is 12.8 Å². The third-order valence-electron chi connectivity index (χ3n) is 4.51. The lowest BCUT2D eigenvalue weighted by Gasteiger charge is -2.32. The predicted molar refractivity (Wildman–Crippen MR) is 94.9 cm³/mol. The van der Waals surface area contributed by atoms with Crippen LogP contribution in [0.3, 0.4) is 0 Å². The molecule has 1 aromatic carbocycles. The highest BCUT2D eigenvalue weighted by molar-refractivity contribution is 7.88. The van der Waals surface area contributed by atoms with E-state index in [0.29, 0.717) is 25.9 Å². The van der Waals surface area contributed by atoms with Crippen LogP contribution in [-0.4, -0.2) is 55.3 Å². The maximum absolute atomic E-state index is 12.5. The summed E-state index contributed by atoms with van der Waals surface area (Å²) in [6.45, 7) is 2.76. The quantitative estimate of drug-likeness (QED) is 0.790. The summed E-state index contributed by atoms with van der Waals surface area (Å²) in [5.74, 6) is -0.799. The van der Waals surface area contributed by atoms with E-state index in [1.165, 1.54) is 4.31 Å². The first-order valence-corrected chi connectivity index (χ1v) is 10.1. The molecule has 1 heterocycles. The lowest BCUT2D eigenvalue weighted by atomic mass is 9.96. The van der Waals surface area contributed by atoms with Crippen molar-refractivity contribution in [2.24, 2.45) is 11.7 Å². The average molecular weight is 367 g/mol. The number of hydrogen-bond acceptors (Lipinski definition) is 4. The number of nitrogens with two attached hydrogens (primary N) is 1. The van der Waals surface area contributed by atoms with Crippen LogP contribution >= 0.6 is 0 Å². The number of piperidine rings is 1. The molecule has 2 rings (SSSR count). The first-order valence-electron chi connectivity index (χ1n) is 8.24. The van der Waals surface area contributed by atoms with Crippen LogP contribution < -0.4 is 5.73 Å². The summed E-state index contributed by atoms with van der Waals surface area (Å²) in [6.07, 6.45) is 2.16. The van der Waals surface area contributed by atoms with Crippen molar-refractivity contribution in [3.05, 3.63) is 35.4 Å². The second-order valence-electron chi connectivity index (χ2n) is 6.57. The highest BCUT2D eigenvalue weighted by atomic mass is 32.2. The summed E-state index contributed by atoms with van der Waals surface area (Å²) in [7, 11) is -3.52. The Morgan fingerprint density at radius 2 is 1.76 bits per heavy atom. The van der Waals surface area contributed by atoms with Gasteiger partial charge >= 0.3 is 0 Å². The molecular formula is C17H25N3O4S. The van der Waals surface area contributed by atoms with Gasteiger partial charge in [0.15, 0.2) is 0 Å². The average Bonchev–Trinajstić information content (AvgIpc) is 2.55. The molecule has 0 aromatic heterocycles. The van der Waals surface area contributed by atoms with Crippen molar-refractivity contribution in [2.45, 2.75) is 26.3 Å². The number of carbonyl (C=O) groups excluding carboxylic acids is 2. The van der Waals surface area contributed by atoms with E-state index in [0.717, 1.165) is 17.4 Å². The molecule has 25 heavy (non-hydrogen) atoms. The lowest BCUT2D eigenvalue weighted by Crippen LogP contribution is -2.46. The summed E-state index contributed by atoms with van der Waals surface area (Å²) in [4.78, 5) is 25.3. The van der Waals surface area contributed by atoms with Gasteiger partial charge in [-0.05, 0) is 25.3 Å². The van der Waals surface area contributed by atoms with Crippen molar-refractivity contribution >= 4 is 21.8 Å². The molecule has 2 N–H and O–H groups in total. The Bertz CT molecular complexity index is 723. The second-order valence-corrected chi connectivity index (χ2v) is 8.56. The first-order chi connectivity index (χ1) is 11.7. The summed E-state index contributed by atoms with van der Waals surface area (Å²) < 4.78 is 25.3. The largest absolute Gasteiger partial charge is 0.369 e. The number of rotatable bonds is 6. The molecule has 0 spiro atoms. The number of sulfonamides is 1. The first kappa shape index (κ1) is 19.4. The summed E-state index contributed by atoms with van der Waals surface area (Å²) >= 11 is 0. The van der Waals surface area contributed by atoms with Gasteiger partial charge in [-0.3, -0.25) is 9.59 Å². The van der Waals surface area contributed by atoms with Crippen LogP contribution in [0.25, 0.3) is 0 Å². The molecule has 2 amide bonds. The minimum atomic E-state index is -3.52. The highest BCUT2D eigenvalue weighted by Crippen LogP contribution is 2.18. The molecule has 7 nitrogen and oxygen atoms in total. The van der Waals surface area contributed by atoms with Crippen LogP contribution in [0.4, 0.5) is 0 Å². The van der Waals surface area contributed by atoms with E-state index in [1.54, 1.807) is 4.90 Å². The fourth-order valence-electron chi connectivity index (χ4n) is 2.85. The zero-order valence-corrected chi connectivity index (χ0v) is 15.5. The van der Waals surface area contributed by atoms with Crippen LogP contribution in [-0.2, 0) is 26.2 Å². The molecular weight excluding hydrogens is 342 g/mol. The van der Waals surface area contributed by atoms with E-state index >= 15 is 0 Å². The Hall–Kier alpha value is -1.93. The molecule has 0 bridgehead atoms. The van der Waals surface area contributed by atoms with Crippen molar-refractivity contribution in [2.75, 3.05) is 25.9 Å². The Morgan fingerprint density at radius 1 is 1.20 bits per heavy atom. The minimum absolute atomic E-state index is 0.155. The highest BCUT2D eigenvalue weighted by Gasteiger charge is 2.28. The van der Waals surface area contributed by atoms with Crippen molar-refractivity contribution < 1.29 is 18.0 Å². The minimum Gasteiger partial charge on any atom is -0.369 e. The van der Waals surface area contributed by atoms with Gasteiger partial charge in [-0.25, -0.2) is 8.42 Å². The number of nitrogens with zero attached hydrogens (tertiary/aromatic N) is 2. The van der Waals surface area contributed by atoms with E-state index in [2.05, 4.69) is 0 Å². The molecule has 0 aliphatic carbocycles. The third-order valence-corrected chi connectivity index (χ3v) is 5.71. The van der Waals surface area contributed by atoms with Crippen molar-refractivity contribution in [3.63, 3.8) is 0 Å². The van der Waals surface area contributed by atoms with Gasteiger partial charge in [-0.15, -0.1) is 0 Å². The summed E-state index contributed by atoms with van der Waals surface area (Å²) in [6, 6.07) is 7.53. The van der Waals surface area contributed by atoms with Crippen LogP contribution in [0.15, 0.2) is 24.3 Å². The molecule has 8 heteroatoms. The van der Waals surface area contributed by atoms with Gasteiger partial charge in [0, 0.05) is 25.6 Å². The number of aryl methyl sites for hydroxylation is 1. The number of amides is 2. The molecule has 1 aromatic rings. The molecule has 0 radical (unpaired) electrons. The Balaban J connectivity index is 2.01. The van der Waals surface area contributed by atoms with Gasteiger partial charge in [0.2, 0.25) is 21.8 Å². The maximum Gasteiger partial charge on any atom is 0.237 e. The van der Waals surface area contributed by atoms with E-state index in [1.807, 2.05) is 31.2 Å². The van der Waals surface area contributed by atoms with Crippen LogP contribution in [0.1, 0.15) is 24.0 Å². The molecule has 0 saturated carbocycles. The molecule has 1 aliphatic rings. The van der Waals surface area contributed by atoms with Gasteiger partial charge in [-0.1, -0.05) is 29.8 Å². The number of likely N-dealkylation sites (tertiary alicyclic amines) is 1. The zero-order valence-electron chi connectivity index (χ0n) is 14.6. The second kappa shape index (κ2) is 7.97. The van der Waals surface area contributed by atoms with E-state index in [4.69, 9.17) is 5.73 Å². The molecule has 1 fully saturated rings. The topological polar surface area (TPSA) is 101 Å². The Kier molecular flexibility index (Phi) is 6.18. The summed E-state index contributed by atoms with van der Waals surface area (Å²) in [5.41, 5.74) is 7.21. The standard InChI is InChI=1S/C17H25N3O4S/c1-13-3-5-14(6-4-13)11-20(25(2,23)24)12-16(21)19-9-7-15(8-10-19)17(18)22/h3-6,15H,7-12H2,1-2H3,(H2,18,22). The van der Waals surface area contributed by atoms with Gasteiger partial charge in [0.25, 0.3) is 0 Å². The molecule has 0 unspecified atom stereocenters. The van der Waals surface area contributed by atoms with Crippen molar-refractivity contribution in [1.29, 1.82) is 0 Å². The van der Waals surface area contributed by atoms with Crippen molar-refractivity contribution in [1.82, 2.24) is 9.21 Å².